The van der Waals surface area contributed by atoms with Crippen molar-refractivity contribution in [3.05, 3.63) is 93.0 Å². The Balaban J connectivity index is 1.33. The molecule has 0 bridgehead atoms. The molecular weight excluding hydrogens is 756 g/mol. The maximum atomic E-state index is 15.1. The summed E-state index contributed by atoms with van der Waals surface area (Å²) >= 11 is 12.5. The Morgan fingerprint density at radius 3 is 2.39 bits per heavy atom. The van der Waals surface area contributed by atoms with E-state index in [9.17, 15) is 37.5 Å². The molecule has 54 heavy (non-hydrogen) atoms. The highest BCUT2D eigenvalue weighted by atomic mass is 35.5. The summed E-state index contributed by atoms with van der Waals surface area (Å²) in [6.45, 7) is -0.383. The fourth-order valence-corrected chi connectivity index (χ4v) is 9.07. The van der Waals surface area contributed by atoms with Crippen LogP contribution in [0.1, 0.15) is 67.1 Å². The van der Waals surface area contributed by atoms with Gasteiger partial charge in [-0.25, -0.2) is 4.98 Å². The highest BCUT2D eigenvalue weighted by Gasteiger charge is 2.71. The van der Waals surface area contributed by atoms with E-state index in [0.717, 1.165) is 0 Å². The molecule has 6 atom stereocenters. The Kier molecular flexibility index (Phi) is 9.86. The van der Waals surface area contributed by atoms with E-state index >= 15 is 4.79 Å². The average Bonchev–Trinajstić information content (AvgIpc) is 3.76. The molecule has 0 unspecified atom stereocenters. The standard InChI is InChI=1S/C37H33Cl2F3N4O8/c38-20-7-5-18(6-8-20)36-25(33(51)46(35(36)53)44-31-26(39)14-19(16-43-31)37(40,41)42)15-24-22(30(36)27-12-9-21(17-47)54-27)10-11-23-29(24)34(52)45(32(23)50)13-3-1-2-4-28(48)49/h5-10,12,14,16,23-25,29-30,47H,1-4,11,13,15,17H2,(H,43,44)(H,48,49)/t23-,24+,25-,29-,30+,36+/m0/s1. The topological polar surface area (TPSA) is 170 Å². The van der Waals surface area contributed by atoms with E-state index in [1.165, 1.54) is 11.0 Å². The number of imide groups is 2. The number of hydrogen-bond donors (Lipinski definition) is 3. The molecule has 2 aliphatic heterocycles. The fraction of sp³-hybridized carbons (Fsp3) is 0.405. The first kappa shape index (κ1) is 37.6. The molecule has 3 fully saturated rings. The Labute approximate surface area is 315 Å². The van der Waals surface area contributed by atoms with Crippen LogP contribution in [0.4, 0.5) is 19.0 Å². The van der Waals surface area contributed by atoms with Crippen LogP contribution in [0.5, 0.6) is 0 Å². The number of rotatable bonds is 11. The summed E-state index contributed by atoms with van der Waals surface area (Å²) in [5.41, 5.74) is 0.594. The number of aromatic nitrogens is 1. The molecule has 1 aromatic carbocycles. The number of amides is 4. The summed E-state index contributed by atoms with van der Waals surface area (Å²) in [5, 5.41) is 19.4. The van der Waals surface area contributed by atoms with Gasteiger partial charge >= 0.3 is 12.1 Å². The smallest absolute Gasteiger partial charge is 0.417 e. The van der Waals surface area contributed by atoms with E-state index in [1.807, 2.05) is 6.08 Å². The van der Waals surface area contributed by atoms with Crippen LogP contribution < -0.4 is 5.43 Å². The second-order valence-corrected chi connectivity index (χ2v) is 14.8. The number of aliphatic hydroxyl groups is 1. The third kappa shape index (κ3) is 6.15. The van der Waals surface area contributed by atoms with Crippen LogP contribution >= 0.6 is 23.2 Å². The highest BCUT2D eigenvalue weighted by molar-refractivity contribution is 6.33. The van der Waals surface area contributed by atoms with Crippen LogP contribution in [0, 0.1) is 23.7 Å². The number of alkyl halides is 3. The number of furan rings is 1. The molecular formula is C37H33Cl2F3N4O8. The van der Waals surface area contributed by atoms with Crippen molar-refractivity contribution in [3.63, 3.8) is 0 Å². The molecule has 2 aliphatic carbocycles. The van der Waals surface area contributed by atoms with E-state index in [-0.39, 0.29) is 49.1 Å². The first-order chi connectivity index (χ1) is 25.7. The number of carboxylic acids is 1. The lowest BCUT2D eigenvalue weighted by atomic mass is 9.50. The number of benzene rings is 1. The number of anilines is 1. The molecule has 12 nitrogen and oxygen atoms in total. The van der Waals surface area contributed by atoms with E-state index in [2.05, 4.69) is 10.4 Å². The number of halogens is 5. The lowest BCUT2D eigenvalue weighted by molar-refractivity contribution is -0.141. The van der Waals surface area contributed by atoms with Crippen LogP contribution in [-0.2, 0) is 42.2 Å². The van der Waals surface area contributed by atoms with Crippen molar-refractivity contribution in [1.29, 1.82) is 0 Å². The van der Waals surface area contributed by atoms with Gasteiger partial charge in [0.2, 0.25) is 11.8 Å². The van der Waals surface area contributed by atoms with Gasteiger partial charge in [0.05, 0.1) is 34.3 Å². The number of pyridine rings is 1. The Morgan fingerprint density at radius 2 is 1.74 bits per heavy atom. The Bertz CT molecular complexity index is 2070. The summed E-state index contributed by atoms with van der Waals surface area (Å²) < 4.78 is 46.4. The quantitative estimate of drug-likeness (QED) is 0.117. The van der Waals surface area contributed by atoms with E-state index in [1.54, 1.807) is 30.3 Å². The number of unbranched alkanes of at least 4 members (excludes halogenated alkanes) is 2. The van der Waals surface area contributed by atoms with E-state index < -0.39 is 82.1 Å². The molecule has 4 aliphatic rings. The normalized spacial score (nSPS) is 26.5. The monoisotopic (exact) mass is 788 g/mol. The molecule has 7 rings (SSSR count). The summed E-state index contributed by atoms with van der Waals surface area (Å²) in [5.74, 6) is -7.96. The number of likely N-dealkylation sites (tertiary alicyclic amines) is 1. The third-order valence-electron chi connectivity index (χ3n) is 11.0. The van der Waals surface area contributed by atoms with Crippen molar-refractivity contribution in [2.45, 2.75) is 62.6 Å². The van der Waals surface area contributed by atoms with Gasteiger partial charge in [0.25, 0.3) is 11.8 Å². The lowest BCUT2D eigenvalue weighted by Crippen LogP contribution is -2.53. The maximum absolute atomic E-state index is 15.1. The summed E-state index contributed by atoms with van der Waals surface area (Å²) in [6.07, 6.45) is -1.10. The van der Waals surface area contributed by atoms with Gasteiger partial charge in [0.15, 0.2) is 5.82 Å². The number of allylic oxidation sites excluding steroid dienone is 2. The number of carboxylic acid groups (broad SMARTS) is 1. The fourth-order valence-electron chi connectivity index (χ4n) is 8.73. The molecule has 4 amide bonds. The van der Waals surface area contributed by atoms with Gasteiger partial charge in [-0.05, 0) is 67.5 Å². The summed E-state index contributed by atoms with van der Waals surface area (Å²) in [6, 6.07) is 10.0. The minimum atomic E-state index is -4.76. The summed E-state index contributed by atoms with van der Waals surface area (Å²) in [7, 11) is 0. The first-order valence-corrected chi connectivity index (χ1v) is 18.0. The predicted octanol–water partition coefficient (Wildman–Crippen LogP) is 6.12. The molecule has 0 radical (unpaired) electrons. The predicted molar refractivity (Wildman–Crippen MR) is 184 cm³/mol. The second-order valence-electron chi connectivity index (χ2n) is 13.9. The third-order valence-corrected chi connectivity index (χ3v) is 11.6. The largest absolute Gasteiger partial charge is 0.481 e. The van der Waals surface area contributed by atoms with Gasteiger partial charge in [0, 0.05) is 24.2 Å². The van der Waals surface area contributed by atoms with Gasteiger partial charge < -0.3 is 14.6 Å². The zero-order valence-corrected chi connectivity index (χ0v) is 29.8. The van der Waals surface area contributed by atoms with Gasteiger partial charge in [-0.1, -0.05) is 53.4 Å². The van der Waals surface area contributed by atoms with Crippen molar-refractivity contribution in [2.75, 3.05) is 12.0 Å². The van der Waals surface area contributed by atoms with E-state index in [4.69, 9.17) is 32.7 Å². The Morgan fingerprint density at radius 1 is 1.00 bits per heavy atom. The highest BCUT2D eigenvalue weighted by Crippen LogP contribution is 2.64. The average molecular weight is 790 g/mol. The number of carbonyl (C=O) groups is 5. The van der Waals surface area contributed by atoms with Crippen molar-refractivity contribution in [1.82, 2.24) is 14.9 Å². The molecule has 0 spiro atoms. The van der Waals surface area contributed by atoms with Crippen LogP contribution in [0.15, 0.2) is 64.7 Å². The van der Waals surface area contributed by atoms with Crippen molar-refractivity contribution in [2.24, 2.45) is 23.7 Å². The van der Waals surface area contributed by atoms with Gasteiger partial charge in [-0.15, -0.1) is 0 Å². The van der Waals surface area contributed by atoms with Crippen LogP contribution in [0.25, 0.3) is 0 Å². The van der Waals surface area contributed by atoms with Gasteiger partial charge in [0.1, 0.15) is 23.5 Å². The number of aliphatic carboxylic acids is 1. The number of fused-ring (bicyclic) bond motifs is 4. The van der Waals surface area contributed by atoms with Gasteiger partial charge in [-0.3, -0.25) is 34.3 Å². The number of aliphatic hydroxyl groups excluding tert-OH is 1. The number of carbonyl (C=O) groups excluding carboxylic acids is 4. The van der Waals surface area contributed by atoms with Gasteiger partial charge in [-0.2, -0.15) is 18.2 Å². The maximum Gasteiger partial charge on any atom is 0.417 e. The van der Waals surface area contributed by atoms with E-state index in [0.29, 0.717) is 52.7 Å². The second kappa shape index (κ2) is 14.2. The molecule has 2 aromatic heterocycles. The molecule has 2 saturated heterocycles. The molecule has 1 saturated carbocycles. The Hall–Kier alpha value is -4.73. The summed E-state index contributed by atoms with van der Waals surface area (Å²) in [4.78, 5) is 73.6. The van der Waals surface area contributed by atoms with Crippen LogP contribution in [0.3, 0.4) is 0 Å². The molecule has 17 heteroatoms. The van der Waals surface area contributed by atoms with Crippen LogP contribution in [0.2, 0.25) is 10.0 Å². The first-order valence-electron chi connectivity index (χ1n) is 17.3. The number of nitrogens with one attached hydrogen (secondary N) is 1. The molecule has 284 valence electrons. The number of nitrogens with zero attached hydrogens (tertiary/aromatic N) is 3. The van der Waals surface area contributed by atoms with Crippen molar-refractivity contribution < 1.29 is 51.8 Å². The lowest BCUT2D eigenvalue weighted by Gasteiger charge is -2.49. The van der Waals surface area contributed by atoms with Crippen LogP contribution in [-0.4, -0.2) is 61.2 Å². The zero-order chi connectivity index (χ0) is 38.7. The SMILES string of the molecule is O=C(O)CCCCCN1C(=O)[C@H]2[C@H](CC=C3[C@H]2C[C@H]2C(=O)N(Nc4ncc(C(F)(F)F)cc4Cl)C(=O)[C@@]2(c2ccc(Cl)cc2)[C@H]3c2ccc(CO)o2)C1=O. The minimum Gasteiger partial charge on any atom is -0.481 e. The minimum absolute atomic E-state index is 0.0365. The molecule has 4 heterocycles. The molecule has 3 N–H and O–H groups in total. The number of hydrogen-bond acceptors (Lipinski definition) is 9. The van der Waals surface area contributed by atoms with Crippen molar-refractivity contribution >= 4 is 58.6 Å². The number of hydrazine groups is 1. The molecule has 3 aromatic rings. The zero-order valence-electron chi connectivity index (χ0n) is 28.3. The van der Waals surface area contributed by atoms with Crippen molar-refractivity contribution in [3.8, 4) is 0 Å².